The third kappa shape index (κ3) is 4.62. The summed E-state index contributed by atoms with van der Waals surface area (Å²) in [5.41, 5.74) is -1.52. The molecular weight excluding hydrogens is 302 g/mol. The van der Waals surface area contributed by atoms with Crippen LogP contribution in [-0.4, -0.2) is 35.1 Å². The molecule has 0 heterocycles. The number of rotatable bonds is 7. The summed E-state index contributed by atoms with van der Waals surface area (Å²) in [6, 6.07) is 5.08. The smallest absolute Gasteiger partial charge is 0.491 e. The Morgan fingerprint density at radius 1 is 1.23 bits per heavy atom. The Morgan fingerprint density at radius 2 is 1.86 bits per heavy atom. The van der Waals surface area contributed by atoms with Crippen molar-refractivity contribution in [3.8, 4) is 5.75 Å². The molecule has 0 spiro atoms. The van der Waals surface area contributed by atoms with Gasteiger partial charge in [0.05, 0.1) is 17.8 Å². The first-order chi connectivity index (χ1) is 10.1. The van der Waals surface area contributed by atoms with Gasteiger partial charge in [-0.05, 0) is 70.1 Å². The molecule has 1 aliphatic rings. The molecule has 4 nitrogen and oxygen atoms in total. The number of hydrogen-bond donors (Lipinski definition) is 2. The number of ether oxygens (including phenoxy) is 1. The van der Waals surface area contributed by atoms with Crippen LogP contribution in [0.4, 0.5) is 0 Å². The Bertz CT molecular complexity index is 523. The zero-order valence-electron chi connectivity index (χ0n) is 13.6. The van der Waals surface area contributed by atoms with Crippen molar-refractivity contribution >= 4 is 24.2 Å². The predicted molar refractivity (Wildman–Crippen MR) is 88.7 cm³/mol. The average Bonchev–Trinajstić information content (AvgIpc) is 3.17. The van der Waals surface area contributed by atoms with Crippen LogP contribution < -0.4 is 10.2 Å². The Kier molecular flexibility index (Phi) is 5.12. The minimum atomic E-state index is -1.19. The van der Waals surface area contributed by atoms with E-state index in [0.29, 0.717) is 28.8 Å². The predicted octanol–water partition coefficient (Wildman–Crippen LogP) is 2.38. The van der Waals surface area contributed by atoms with Crippen LogP contribution in [0.1, 0.15) is 40.5 Å². The molecule has 22 heavy (non-hydrogen) atoms. The van der Waals surface area contributed by atoms with Crippen molar-refractivity contribution in [2.45, 2.75) is 51.7 Å². The highest BCUT2D eigenvalue weighted by Gasteiger charge is 2.39. The van der Waals surface area contributed by atoms with Gasteiger partial charge in [0.2, 0.25) is 0 Å². The molecule has 0 unspecified atom stereocenters. The summed E-state index contributed by atoms with van der Waals surface area (Å²) in [6.45, 7) is 7.41. The second kappa shape index (κ2) is 6.40. The van der Waals surface area contributed by atoms with Crippen LogP contribution >= 0.6 is 11.6 Å². The van der Waals surface area contributed by atoms with Crippen molar-refractivity contribution in [3.63, 3.8) is 0 Å². The van der Waals surface area contributed by atoms with Crippen LogP contribution in [-0.2, 0) is 4.65 Å². The lowest BCUT2D eigenvalue weighted by molar-refractivity contribution is -0.0982. The van der Waals surface area contributed by atoms with Crippen molar-refractivity contribution < 1.29 is 19.5 Å². The largest absolute Gasteiger partial charge is 0.493 e. The highest BCUT2D eigenvalue weighted by atomic mass is 35.5. The van der Waals surface area contributed by atoms with Gasteiger partial charge in [0.25, 0.3) is 0 Å². The summed E-state index contributed by atoms with van der Waals surface area (Å²) >= 11 is 6.09. The fraction of sp³-hybridized carbons (Fsp3) is 0.625. The Hall–Kier alpha value is -0.745. The first-order valence-electron chi connectivity index (χ1n) is 7.60. The van der Waals surface area contributed by atoms with Gasteiger partial charge in [0, 0.05) is 5.02 Å². The fourth-order valence-electron chi connectivity index (χ4n) is 1.80. The topological polar surface area (TPSA) is 58.9 Å². The monoisotopic (exact) mass is 326 g/mol. The summed E-state index contributed by atoms with van der Waals surface area (Å²) in [5, 5.41) is 20.9. The Balaban J connectivity index is 2.09. The minimum Gasteiger partial charge on any atom is -0.493 e. The Labute approximate surface area is 137 Å². The lowest BCUT2D eigenvalue weighted by Gasteiger charge is -2.38. The van der Waals surface area contributed by atoms with Gasteiger partial charge in [-0.2, -0.15) is 0 Å². The van der Waals surface area contributed by atoms with E-state index in [1.54, 1.807) is 45.9 Å². The maximum absolute atomic E-state index is 10.3. The lowest BCUT2D eigenvalue weighted by Crippen LogP contribution is -2.53. The zero-order valence-corrected chi connectivity index (χ0v) is 14.4. The summed E-state index contributed by atoms with van der Waals surface area (Å²) in [4.78, 5) is 0. The second-order valence-electron chi connectivity index (χ2n) is 7.01. The number of halogens is 1. The van der Waals surface area contributed by atoms with Crippen LogP contribution in [0.5, 0.6) is 5.75 Å². The van der Waals surface area contributed by atoms with Crippen molar-refractivity contribution in [1.29, 1.82) is 0 Å². The van der Waals surface area contributed by atoms with Gasteiger partial charge >= 0.3 is 7.12 Å². The number of benzene rings is 1. The quantitative estimate of drug-likeness (QED) is 0.755. The van der Waals surface area contributed by atoms with Gasteiger partial charge in [0.15, 0.2) is 0 Å². The molecule has 0 bridgehead atoms. The maximum atomic E-state index is 10.3. The molecule has 1 fully saturated rings. The molecule has 0 amide bonds. The van der Waals surface area contributed by atoms with Crippen LogP contribution in [0.3, 0.4) is 0 Å². The minimum absolute atomic E-state index is 0.479. The molecule has 122 valence electrons. The van der Waals surface area contributed by atoms with Crippen LogP contribution in [0, 0.1) is 5.92 Å². The van der Waals surface area contributed by atoms with Crippen LogP contribution in [0.2, 0.25) is 5.02 Å². The SMILES string of the molecule is CC(C)(O)C(C)(C)OB(O)c1cc(Cl)cc(OCC2CC2)c1. The molecule has 1 aromatic rings. The van der Waals surface area contributed by atoms with Crippen molar-refractivity contribution in [1.82, 2.24) is 0 Å². The highest BCUT2D eigenvalue weighted by Crippen LogP contribution is 2.30. The number of hydrogen-bond acceptors (Lipinski definition) is 4. The normalized spacial score (nSPS) is 15.8. The van der Waals surface area contributed by atoms with Crippen molar-refractivity contribution in [2.24, 2.45) is 5.92 Å². The first kappa shape index (κ1) is 17.6. The molecule has 0 aliphatic heterocycles. The number of aliphatic hydroxyl groups is 1. The van der Waals surface area contributed by atoms with Gasteiger partial charge in [-0.15, -0.1) is 0 Å². The Morgan fingerprint density at radius 3 is 2.41 bits per heavy atom. The van der Waals surface area contributed by atoms with Crippen LogP contribution in [0.15, 0.2) is 18.2 Å². The van der Waals surface area contributed by atoms with E-state index >= 15 is 0 Å². The van der Waals surface area contributed by atoms with Crippen molar-refractivity contribution in [2.75, 3.05) is 6.61 Å². The summed E-state index contributed by atoms with van der Waals surface area (Å²) < 4.78 is 11.3. The third-order valence-corrected chi connectivity index (χ3v) is 4.46. The summed E-state index contributed by atoms with van der Waals surface area (Å²) in [7, 11) is -1.19. The van der Waals surface area contributed by atoms with Crippen molar-refractivity contribution in [3.05, 3.63) is 23.2 Å². The molecule has 0 radical (unpaired) electrons. The highest BCUT2D eigenvalue weighted by molar-refractivity contribution is 6.60. The van der Waals surface area contributed by atoms with Gasteiger partial charge in [-0.3, -0.25) is 0 Å². The molecule has 2 rings (SSSR count). The lowest BCUT2D eigenvalue weighted by atomic mass is 9.76. The van der Waals surface area contributed by atoms with E-state index in [2.05, 4.69) is 0 Å². The molecule has 0 aromatic heterocycles. The van der Waals surface area contributed by atoms with Gasteiger partial charge < -0.3 is 19.5 Å². The average molecular weight is 327 g/mol. The molecule has 1 aromatic carbocycles. The summed E-state index contributed by atoms with van der Waals surface area (Å²) in [6.07, 6.45) is 2.41. The third-order valence-electron chi connectivity index (χ3n) is 4.24. The van der Waals surface area contributed by atoms with E-state index in [-0.39, 0.29) is 0 Å². The first-order valence-corrected chi connectivity index (χ1v) is 7.98. The molecule has 1 aliphatic carbocycles. The standard InChI is InChI=1S/C16H24BClO4/c1-15(2,19)16(3,4)22-17(20)12-7-13(18)9-14(8-12)21-10-11-5-6-11/h7-9,11,19-20H,5-6,10H2,1-4H3. The molecule has 0 atom stereocenters. The molecule has 0 saturated heterocycles. The van der Waals surface area contributed by atoms with E-state index < -0.39 is 18.3 Å². The molecular formula is C16H24BClO4. The van der Waals surface area contributed by atoms with E-state index in [1.165, 1.54) is 12.8 Å². The van der Waals surface area contributed by atoms with Gasteiger partial charge in [-0.25, -0.2) is 0 Å². The van der Waals surface area contributed by atoms with E-state index in [1.807, 2.05) is 0 Å². The molecule has 1 saturated carbocycles. The summed E-state index contributed by atoms with van der Waals surface area (Å²) in [5.74, 6) is 1.26. The second-order valence-corrected chi connectivity index (χ2v) is 7.45. The van der Waals surface area contributed by atoms with Gasteiger partial charge in [0.1, 0.15) is 5.75 Å². The van der Waals surface area contributed by atoms with E-state index in [0.717, 1.165) is 0 Å². The zero-order chi connectivity index (χ0) is 16.5. The van der Waals surface area contributed by atoms with Gasteiger partial charge in [-0.1, -0.05) is 11.6 Å². The van der Waals surface area contributed by atoms with Crippen LogP contribution in [0.25, 0.3) is 0 Å². The fourth-order valence-corrected chi connectivity index (χ4v) is 2.03. The molecule has 2 N–H and O–H groups in total. The maximum Gasteiger partial charge on any atom is 0.491 e. The van der Waals surface area contributed by atoms with E-state index in [9.17, 15) is 10.1 Å². The molecule has 6 heteroatoms. The van der Waals surface area contributed by atoms with E-state index in [4.69, 9.17) is 21.0 Å².